The van der Waals surface area contributed by atoms with Crippen molar-refractivity contribution in [2.45, 2.75) is 63.9 Å². The Morgan fingerprint density at radius 2 is 1.66 bits per heavy atom. The van der Waals surface area contributed by atoms with E-state index >= 15 is 0 Å². The van der Waals surface area contributed by atoms with Crippen LogP contribution in [0.2, 0.25) is 0 Å². The van der Waals surface area contributed by atoms with Gasteiger partial charge in [0.25, 0.3) is 0 Å². The number of aliphatic hydroxyl groups is 1. The second-order valence-corrected chi connectivity index (χ2v) is 8.55. The lowest BCUT2D eigenvalue weighted by Gasteiger charge is -2.38. The summed E-state index contributed by atoms with van der Waals surface area (Å²) in [6, 6.07) is 18.5. The van der Waals surface area contributed by atoms with Crippen LogP contribution < -0.4 is 4.74 Å². The number of hydrogen-bond donors (Lipinski definition) is 1. The molecule has 0 radical (unpaired) electrons. The molecule has 2 aromatic rings. The number of piperidine rings is 1. The maximum atomic E-state index is 11.7. The zero-order valence-electron chi connectivity index (χ0n) is 18.1. The second kappa shape index (κ2) is 10.8. The molecule has 1 aliphatic heterocycles. The fourth-order valence-electron chi connectivity index (χ4n) is 4.33. The molecular formula is C26H37NO2. The Balaban J connectivity index is 1.76. The quantitative estimate of drug-likeness (QED) is 0.521. The van der Waals surface area contributed by atoms with Gasteiger partial charge in [-0.2, -0.15) is 0 Å². The number of benzene rings is 2. The molecule has 0 unspecified atom stereocenters. The summed E-state index contributed by atoms with van der Waals surface area (Å²) in [6.45, 7) is 8.06. The number of rotatable bonds is 10. The highest BCUT2D eigenvalue weighted by Gasteiger charge is 2.36. The average Bonchev–Trinajstić information content (AvgIpc) is 2.77. The van der Waals surface area contributed by atoms with Crippen molar-refractivity contribution in [3.8, 4) is 5.75 Å². The SMILES string of the molecule is CCCCCOc1ccc([C@@](C)(O)[C@@H](CN2CCCCC2)c2ccccc2)cc1. The first-order valence-electron chi connectivity index (χ1n) is 11.3. The Morgan fingerprint density at radius 3 is 2.31 bits per heavy atom. The van der Waals surface area contributed by atoms with Crippen LogP contribution in [0.4, 0.5) is 0 Å². The summed E-state index contributed by atoms with van der Waals surface area (Å²) < 4.78 is 5.85. The highest BCUT2D eigenvalue weighted by molar-refractivity contribution is 5.35. The molecule has 2 aromatic carbocycles. The van der Waals surface area contributed by atoms with Crippen molar-refractivity contribution < 1.29 is 9.84 Å². The molecule has 0 aromatic heterocycles. The zero-order valence-corrected chi connectivity index (χ0v) is 18.1. The number of nitrogens with zero attached hydrogens (tertiary/aromatic N) is 1. The Kier molecular flexibility index (Phi) is 8.14. The Hall–Kier alpha value is -1.84. The van der Waals surface area contributed by atoms with E-state index in [0.29, 0.717) is 0 Å². The van der Waals surface area contributed by atoms with E-state index in [0.717, 1.165) is 44.0 Å². The first kappa shape index (κ1) is 21.9. The van der Waals surface area contributed by atoms with Gasteiger partial charge in [0, 0.05) is 12.5 Å². The van der Waals surface area contributed by atoms with Crippen LogP contribution in [0.3, 0.4) is 0 Å². The molecule has 0 aliphatic carbocycles. The standard InChI is InChI=1S/C26H37NO2/c1-3-4-11-20-29-24-16-14-23(15-17-24)26(2,28)25(22-12-7-5-8-13-22)21-27-18-9-6-10-19-27/h5,7-8,12-17,25,28H,3-4,6,9-11,18-21H2,1-2H3/t25-,26+/m0/s1. The molecule has 1 heterocycles. The molecule has 29 heavy (non-hydrogen) atoms. The molecule has 0 spiro atoms. The Morgan fingerprint density at radius 1 is 0.966 bits per heavy atom. The van der Waals surface area contributed by atoms with E-state index in [9.17, 15) is 5.11 Å². The molecule has 3 heteroatoms. The van der Waals surface area contributed by atoms with Gasteiger partial charge in [0.2, 0.25) is 0 Å². The largest absolute Gasteiger partial charge is 0.494 e. The van der Waals surface area contributed by atoms with E-state index in [-0.39, 0.29) is 5.92 Å². The average molecular weight is 396 g/mol. The van der Waals surface area contributed by atoms with Crippen molar-refractivity contribution in [1.29, 1.82) is 0 Å². The topological polar surface area (TPSA) is 32.7 Å². The molecule has 3 nitrogen and oxygen atoms in total. The van der Waals surface area contributed by atoms with Crippen molar-refractivity contribution in [2.24, 2.45) is 0 Å². The molecule has 2 atom stereocenters. The number of hydrogen-bond acceptors (Lipinski definition) is 3. The molecule has 0 saturated carbocycles. The minimum absolute atomic E-state index is 0.0260. The van der Waals surface area contributed by atoms with E-state index in [4.69, 9.17) is 4.74 Å². The minimum atomic E-state index is -0.945. The third-order valence-corrected chi connectivity index (χ3v) is 6.23. The lowest BCUT2D eigenvalue weighted by Crippen LogP contribution is -2.41. The number of likely N-dealkylation sites (tertiary alicyclic amines) is 1. The van der Waals surface area contributed by atoms with Gasteiger partial charge >= 0.3 is 0 Å². The predicted octanol–water partition coefficient (Wildman–Crippen LogP) is 5.73. The monoisotopic (exact) mass is 395 g/mol. The summed E-state index contributed by atoms with van der Waals surface area (Å²) in [4.78, 5) is 2.51. The molecular weight excluding hydrogens is 358 g/mol. The van der Waals surface area contributed by atoms with E-state index in [1.165, 1.54) is 37.7 Å². The van der Waals surface area contributed by atoms with E-state index in [2.05, 4.69) is 36.1 Å². The van der Waals surface area contributed by atoms with Crippen LogP contribution >= 0.6 is 0 Å². The van der Waals surface area contributed by atoms with Crippen molar-refractivity contribution in [3.63, 3.8) is 0 Å². The second-order valence-electron chi connectivity index (χ2n) is 8.55. The van der Waals surface area contributed by atoms with Gasteiger partial charge in [-0.1, -0.05) is 68.7 Å². The van der Waals surface area contributed by atoms with Crippen LogP contribution in [0, 0.1) is 0 Å². The molecule has 1 fully saturated rings. The van der Waals surface area contributed by atoms with Crippen LogP contribution in [0.5, 0.6) is 5.75 Å². The van der Waals surface area contributed by atoms with E-state index < -0.39 is 5.60 Å². The Labute approximate surface area is 176 Å². The van der Waals surface area contributed by atoms with Crippen LogP contribution in [0.25, 0.3) is 0 Å². The predicted molar refractivity (Wildman–Crippen MR) is 121 cm³/mol. The zero-order chi connectivity index (χ0) is 20.5. The van der Waals surface area contributed by atoms with Gasteiger partial charge in [0.05, 0.1) is 12.2 Å². The third kappa shape index (κ3) is 6.07. The van der Waals surface area contributed by atoms with Crippen LogP contribution in [-0.2, 0) is 5.60 Å². The van der Waals surface area contributed by atoms with Gasteiger partial charge in [-0.05, 0) is 62.5 Å². The molecule has 0 bridgehead atoms. The summed E-state index contributed by atoms with van der Waals surface area (Å²) >= 11 is 0. The van der Waals surface area contributed by atoms with Crippen LogP contribution in [-0.4, -0.2) is 36.2 Å². The van der Waals surface area contributed by atoms with E-state index in [1.807, 2.05) is 37.3 Å². The van der Waals surface area contributed by atoms with Gasteiger partial charge < -0.3 is 14.7 Å². The Bertz CT molecular complexity index is 705. The van der Waals surface area contributed by atoms with Crippen LogP contribution in [0.1, 0.15) is 69.4 Å². The first-order valence-corrected chi connectivity index (χ1v) is 11.3. The maximum absolute atomic E-state index is 11.7. The fraction of sp³-hybridized carbons (Fsp3) is 0.538. The lowest BCUT2D eigenvalue weighted by molar-refractivity contribution is 0.0107. The highest BCUT2D eigenvalue weighted by atomic mass is 16.5. The summed E-state index contributed by atoms with van der Waals surface area (Å²) in [5, 5.41) is 11.7. The number of unbranched alkanes of at least 4 members (excludes halogenated alkanes) is 2. The highest BCUT2D eigenvalue weighted by Crippen LogP contribution is 2.38. The molecule has 3 rings (SSSR count). The van der Waals surface area contributed by atoms with Crippen molar-refractivity contribution in [1.82, 2.24) is 4.90 Å². The molecule has 1 aliphatic rings. The number of ether oxygens (including phenoxy) is 1. The molecule has 1 N–H and O–H groups in total. The van der Waals surface area contributed by atoms with Crippen molar-refractivity contribution in [2.75, 3.05) is 26.2 Å². The maximum Gasteiger partial charge on any atom is 0.119 e. The summed E-state index contributed by atoms with van der Waals surface area (Å²) in [5.41, 5.74) is 1.20. The summed E-state index contributed by atoms with van der Waals surface area (Å²) in [5.74, 6) is 0.908. The van der Waals surface area contributed by atoms with Gasteiger partial charge in [-0.3, -0.25) is 0 Å². The normalized spacial score (nSPS) is 18.2. The van der Waals surface area contributed by atoms with Crippen molar-refractivity contribution >= 4 is 0 Å². The first-order chi connectivity index (χ1) is 14.1. The van der Waals surface area contributed by atoms with Gasteiger partial charge in [-0.15, -0.1) is 0 Å². The molecule has 0 amide bonds. The molecule has 1 saturated heterocycles. The van der Waals surface area contributed by atoms with Crippen LogP contribution in [0.15, 0.2) is 54.6 Å². The van der Waals surface area contributed by atoms with Gasteiger partial charge in [-0.25, -0.2) is 0 Å². The van der Waals surface area contributed by atoms with Gasteiger partial charge in [0.1, 0.15) is 5.75 Å². The smallest absolute Gasteiger partial charge is 0.119 e. The van der Waals surface area contributed by atoms with E-state index in [1.54, 1.807) is 0 Å². The lowest BCUT2D eigenvalue weighted by atomic mass is 9.78. The summed E-state index contributed by atoms with van der Waals surface area (Å²) in [7, 11) is 0. The van der Waals surface area contributed by atoms with Gasteiger partial charge in [0.15, 0.2) is 0 Å². The third-order valence-electron chi connectivity index (χ3n) is 6.23. The fourth-order valence-corrected chi connectivity index (χ4v) is 4.33. The van der Waals surface area contributed by atoms with Crippen molar-refractivity contribution in [3.05, 3.63) is 65.7 Å². The molecule has 158 valence electrons. The summed E-state index contributed by atoms with van der Waals surface area (Å²) in [6.07, 6.45) is 7.32. The minimum Gasteiger partial charge on any atom is -0.494 e.